The molecule has 1 amide bonds. The third-order valence-electron chi connectivity index (χ3n) is 4.06. The van der Waals surface area contributed by atoms with Gasteiger partial charge in [-0.1, -0.05) is 23.7 Å². The number of carbonyl (C=O) groups is 1. The van der Waals surface area contributed by atoms with Crippen molar-refractivity contribution in [3.05, 3.63) is 69.8 Å². The van der Waals surface area contributed by atoms with Crippen LogP contribution in [0.3, 0.4) is 0 Å². The Bertz CT molecular complexity index is 923. The lowest BCUT2D eigenvalue weighted by Crippen LogP contribution is -2.22. The molecular formula is C18H12ClFN2OS. The molecule has 1 aromatic heterocycles. The fraction of sp³-hybridized carbons (Fsp3) is 0.111. The minimum Gasteiger partial charge on any atom is -0.323 e. The van der Waals surface area contributed by atoms with Crippen LogP contribution in [0.15, 0.2) is 48.5 Å². The molecule has 0 spiro atoms. The predicted octanol–water partition coefficient (Wildman–Crippen LogP) is 5.08. The van der Waals surface area contributed by atoms with Gasteiger partial charge >= 0.3 is 0 Å². The smallest absolute Gasteiger partial charge is 0.225 e. The lowest BCUT2D eigenvalue weighted by atomic mass is 9.89. The van der Waals surface area contributed by atoms with Gasteiger partial charge in [0.1, 0.15) is 11.5 Å². The van der Waals surface area contributed by atoms with Crippen LogP contribution in [-0.4, -0.2) is 10.3 Å². The number of benzene rings is 2. The van der Waals surface area contributed by atoms with Crippen LogP contribution in [-0.2, 0) is 4.79 Å². The van der Waals surface area contributed by atoms with E-state index in [1.807, 2.05) is 24.3 Å². The number of nitrogens with one attached hydrogen (secondary N) is 1. The molecule has 2 aromatic carbocycles. The second kappa shape index (κ2) is 6.00. The molecule has 0 bridgehead atoms. The van der Waals surface area contributed by atoms with E-state index in [2.05, 4.69) is 9.69 Å². The molecule has 0 fully saturated rings. The first kappa shape index (κ1) is 15.3. The molecule has 0 aliphatic carbocycles. The zero-order valence-electron chi connectivity index (χ0n) is 12.4. The van der Waals surface area contributed by atoms with Crippen molar-refractivity contribution in [3.63, 3.8) is 0 Å². The zero-order valence-corrected chi connectivity index (χ0v) is 14.0. The lowest BCUT2D eigenvalue weighted by Gasteiger charge is -2.23. The molecule has 0 saturated heterocycles. The highest BCUT2D eigenvalue weighted by Gasteiger charge is 2.31. The maximum absolute atomic E-state index is 13.2. The number of amides is 1. The van der Waals surface area contributed by atoms with E-state index in [0.29, 0.717) is 22.8 Å². The highest BCUT2D eigenvalue weighted by molar-refractivity contribution is 7.07. The molecule has 2 heterocycles. The van der Waals surface area contributed by atoms with Crippen molar-refractivity contribution in [2.75, 3.05) is 5.32 Å². The second-order valence-corrected chi connectivity index (χ2v) is 6.88. The number of aromatic nitrogens is 1. The SMILES string of the molecule is O=C1CC(c2cccc(Cl)c2)c2snc(-c3ccc(F)cc3)c2N1. The quantitative estimate of drug-likeness (QED) is 0.694. The molecule has 3 nitrogen and oxygen atoms in total. The van der Waals surface area contributed by atoms with Gasteiger partial charge in [-0.2, -0.15) is 4.37 Å². The Labute approximate surface area is 147 Å². The Morgan fingerprint density at radius 2 is 2.00 bits per heavy atom. The Morgan fingerprint density at radius 1 is 1.21 bits per heavy atom. The number of carbonyl (C=O) groups excluding carboxylic acids is 1. The number of anilines is 1. The van der Waals surface area contributed by atoms with Crippen molar-refractivity contribution < 1.29 is 9.18 Å². The Morgan fingerprint density at radius 3 is 2.75 bits per heavy atom. The summed E-state index contributed by atoms with van der Waals surface area (Å²) in [5, 5.41) is 3.56. The van der Waals surface area contributed by atoms with Crippen molar-refractivity contribution in [3.8, 4) is 11.3 Å². The van der Waals surface area contributed by atoms with Crippen LogP contribution in [0, 0.1) is 5.82 Å². The molecule has 1 atom stereocenters. The van der Waals surface area contributed by atoms with E-state index in [1.54, 1.807) is 12.1 Å². The molecule has 1 aliphatic rings. The number of halogens is 2. The average Bonchev–Trinajstić information content (AvgIpc) is 2.98. The summed E-state index contributed by atoms with van der Waals surface area (Å²) in [5.41, 5.74) is 3.16. The van der Waals surface area contributed by atoms with Crippen LogP contribution in [0.25, 0.3) is 11.3 Å². The van der Waals surface area contributed by atoms with Gasteiger partial charge in [-0.25, -0.2) is 4.39 Å². The topological polar surface area (TPSA) is 42.0 Å². The largest absolute Gasteiger partial charge is 0.323 e. The van der Waals surface area contributed by atoms with Crippen molar-refractivity contribution in [1.29, 1.82) is 0 Å². The van der Waals surface area contributed by atoms with Gasteiger partial charge in [0.05, 0.1) is 10.6 Å². The highest BCUT2D eigenvalue weighted by Crippen LogP contribution is 2.44. The Balaban J connectivity index is 1.81. The highest BCUT2D eigenvalue weighted by atomic mass is 35.5. The Kier molecular flexibility index (Phi) is 3.82. The Hall–Kier alpha value is -2.24. The van der Waals surface area contributed by atoms with E-state index in [4.69, 9.17) is 11.6 Å². The zero-order chi connectivity index (χ0) is 16.7. The van der Waals surface area contributed by atoms with Gasteiger partial charge in [0.25, 0.3) is 0 Å². The van der Waals surface area contributed by atoms with Gasteiger partial charge in [0.2, 0.25) is 5.91 Å². The van der Waals surface area contributed by atoms with Crippen molar-refractivity contribution >= 4 is 34.7 Å². The fourth-order valence-electron chi connectivity index (χ4n) is 2.93. The van der Waals surface area contributed by atoms with Crippen LogP contribution >= 0.6 is 23.1 Å². The van der Waals surface area contributed by atoms with E-state index in [1.165, 1.54) is 23.7 Å². The lowest BCUT2D eigenvalue weighted by molar-refractivity contribution is -0.116. The molecule has 0 saturated carbocycles. The summed E-state index contributed by atoms with van der Waals surface area (Å²) in [5.74, 6) is -0.432. The number of hydrogen-bond donors (Lipinski definition) is 1. The van der Waals surface area contributed by atoms with Crippen LogP contribution in [0.2, 0.25) is 5.02 Å². The second-order valence-electron chi connectivity index (χ2n) is 5.64. The maximum Gasteiger partial charge on any atom is 0.225 e. The van der Waals surface area contributed by atoms with Gasteiger partial charge in [-0.3, -0.25) is 4.79 Å². The summed E-state index contributed by atoms with van der Waals surface area (Å²) in [6.45, 7) is 0. The molecule has 6 heteroatoms. The van der Waals surface area contributed by atoms with Crippen LogP contribution in [0.5, 0.6) is 0 Å². The van der Waals surface area contributed by atoms with Gasteiger partial charge < -0.3 is 5.32 Å². The minimum atomic E-state index is -0.302. The third-order valence-corrected chi connectivity index (χ3v) is 5.25. The fourth-order valence-corrected chi connectivity index (χ4v) is 4.10. The van der Waals surface area contributed by atoms with Gasteiger partial charge in [-0.05, 0) is 53.5 Å². The first-order chi connectivity index (χ1) is 11.6. The normalized spacial score (nSPS) is 16.6. The summed E-state index contributed by atoms with van der Waals surface area (Å²) in [6, 6.07) is 13.7. The molecular weight excluding hydrogens is 347 g/mol. The van der Waals surface area contributed by atoms with Gasteiger partial charge in [0.15, 0.2) is 0 Å². The summed E-state index contributed by atoms with van der Waals surface area (Å²) >= 11 is 7.46. The first-order valence-corrected chi connectivity index (χ1v) is 8.58. The summed E-state index contributed by atoms with van der Waals surface area (Å²) in [6.07, 6.45) is 0.360. The number of hydrogen-bond acceptors (Lipinski definition) is 3. The van der Waals surface area contributed by atoms with E-state index in [0.717, 1.165) is 16.0 Å². The third kappa shape index (κ3) is 2.70. The summed E-state index contributed by atoms with van der Waals surface area (Å²) in [7, 11) is 0. The van der Waals surface area contributed by atoms with Crippen LogP contribution < -0.4 is 5.32 Å². The van der Waals surface area contributed by atoms with Crippen LogP contribution in [0.1, 0.15) is 22.8 Å². The average molecular weight is 359 g/mol. The molecule has 120 valence electrons. The summed E-state index contributed by atoms with van der Waals surface area (Å²) in [4.78, 5) is 13.2. The molecule has 1 N–H and O–H groups in total. The van der Waals surface area contributed by atoms with E-state index in [-0.39, 0.29) is 17.6 Å². The van der Waals surface area contributed by atoms with Gasteiger partial charge in [-0.15, -0.1) is 0 Å². The summed E-state index contributed by atoms with van der Waals surface area (Å²) < 4.78 is 17.7. The van der Waals surface area contributed by atoms with E-state index >= 15 is 0 Å². The first-order valence-electron chi connectivity index (χ1n) is 7.42. The molecule has 0 radical (unpaired) electrons. The van der Waals surface area contributed by atoms with Crippen molar-refractivity contribution in [2.45, 2.75) is 12.3 Å². The van der Waals surface area contributed by atoms with E-state index < -0.39 is 0 Å². The number of nitrogens with zero attached hydrogens (tertiary/aromatic N) is 1. The minimum absolute atomic E-state index is 0.0592. The molecule has 24 heavy (non-hydrogen) atoms. The monoisotopic (exact) mass is 358 g/mol. The predicted molar refractivity (Wildman–Crippen MR) is 94.0 cm³/mol. The standard InChI is InChI=1S/C18H12ClFN2OS/c19-12-3-1-2-11(8-12)14-9-15(23)21-17-16(22-24-18(14)17)10-4-6-13(20)7-5-10/h1-8,14H,9H2,(H,21,23). The van der Waals surface area contributed by atoms with Crippen molar-refractivity contribution in [2.24, 2.45) is 0 Å². The number of fused-ring (bicyclic) bond motifs is 1. The molecule has 1 unspecified atom stereocenters. The van der Waals surface area contributed by atoms with Crippen molar-refractivity contribution in [1.82, 2.24) is 4.37 Å². The molecule has 1 aliphatic heterocycles. The van der Waals surface area contributed by atoms with E-state index in [9.17, 15) is 9.18 Å². The molecule has 4 rings (SSSR count). The van der Waals surface area contributed by atoms with Gasteiger partial charge in [0, 0.05) is 22.9 Å². The van der Waals surface area contributed by atoms with Crippen LogP contribution in [0.4, 0.5) is 10.1 Å². The number of rotatable bonds is 2. The molecule has 3 aromatic rings. The maximum atomic E-state index is 13.2.